The zero-order chi connectivity index (χ0) is 13.2. The first kappa shape index (κ1) is 12.0. The second-order valence-electron chi connectivity index (χ2n) is 5.18. The van der Waals surface area contributed by atoms with Crippen LogP contribution in [0.25, 0.3) is 10.9 Å². The highest BCUT2D eigenvalue weighted by molar-refractivity contribution is 5.90. The number of carbonyl (C=O) groups is 1. The van der Waals surface area contributed by atoms with Gasteiger partial charge in [0.15, 0.2) is 0 Å². The summed E-state index contributed by atoms with van der Waals surface area (Å²) < 4.78 is 0. The van der Waals surface area contributed by atoms with Crippen molar-refractivity contribution in [2.45, 2.75) is 31.7 Å². The number of aromatic amines is 1. The molecule has 0 spiro atoms. The van der Waals surface area contributed by atoms with E-state index < -0.39 is 5.97 Å². The lowest BCUT2D eigenvalue weighted by Gasteiger charge is -2.28. The van der Waals surface area contributed by atoms with Gasteiger partial charge < -0.3 is 10.4 Å². The first-order valence-electron chi connectivity index (χ1n) is 6.65. The van der Waals surface area contributed by atoms with Gasteiger partial charge in [-0.1, -0.05) is 12.5 Å². The van der Waals surface area contributed by atoms with Crippen molar-refractivity contribution in [3.05, 3.63) is 24.4 Å². The van der Waals surface area contributed by atoms with E-state index in [0.29, 0.717) is 6.42 Å². The van der Waals surface area contributed by atoms with Gasteiger partial charge in [-0.2, -0.15) is 5.10 Å². The molecule has 0 amide bonds. The highest BCUT2D eigenvalue weighted by Crippen LogP contribution is 2.29. The molecule has 2 unspecified atom stereocenters. The third-order valence-corrected chi connectivity index (χ3v) is 3.87. The standard InChI is InChI=1S/C14H17N3O2/c18-14(19)9-3-1-4-10(7-9)16-12-5-2-6-13-11(12)8-15-17-13/h2,5-6,8-10,16H,1,3-4,7H2,(H,15,17)(H,18,19). The molecule has 19 heavy (non-hydrogen) atoms. The van der Waals surface area contributed by atoms with Gasteiger partial charge >= 0.3 is 5.97 Å². The summed E-state index contributed by atoms with van der Waals surface area (Å²) in [5, 5.41) is 20.6. The molecule has 0 aliphatic heterocycles. The van der Waals surface area contributed by atoms with Gasteiger partial charge in [-0.15, -0.1) is 0 Å². The molecule has 1 fully saturated rings. The van der Waals surface area contributed by atoms with Gasteiger partial charge in [0.25, 0.3) is 0 Å². The molecule has 1 heterocycles. The molecule has 100 valence electrons. The Balaban J connectivity index is 1.77. The largest absolute Gasteiger partial charge is 0.481 e. The summed E-state index contributed by atoms with van der Waals surface area (Å²) in [6, 6.07) is 6.20. The lowest BCUT2D eigenvalue weighted by molar-refractivity contribution is -0.142. The summed E-state index contributed by atoms with van der Waals surface area (Å²) >= 11 is 0. The van der Waals surface area contributed by atoms with Crippen molar-refractivity contribution < 1.29 is 9.90 Å². The van der Waals surface area contributed by atoms with Crippen LogP contribution in [-0.4, -0.2) is 27.3 Å². The first-order valence-corrected chi connectivity index (χ1v) is 6.65. The summed E-state index contributed by atoms with van der Waals surface area (Å²) in [6.45, 7) is 0. The van der Waals surface area contributed by atoms with Gasteiger partial charge in [0, 0.05) is 17.1 Å². The Morgan fingerprint density at radius 2 is 2.32 bits per heavy atom. The molecular formula is C14H17N3O2. The van der Waals surface area contributed by atoms with E-state index in [1.165, 1.54) is 0 Å². The van der Waals surface area contributed by atoms with Gasteiger partial charge in [0.05, 0.1) is 17.6 Å². The number of anilines is 1. The molecule has 1 aromatic heterocycles. The maximum Gasteiger partial charge on any atom is 0.306 e. The third kappa shape index (κ3) is 2.41. The van der Waals surface area contributed by atoms with Crippen LogP contribution in [0, 0.1) is 5.92 Å². The molecular weight excluding hydrogens is 242 g/mol. The van der Waals surface area contributed by atoms with Crippen LogP contribution < -0.4 is 5.32 Å². The third-order valence-electron chi connectivity index (χ3n) is 3.87. The van der Waals surface area contributed by atoms with Crippen LogP contribution in [-0.2, 0) is 4.79 Å². The van der Waals surface area contributed by atoms with Crippen molar-refractivity contribution in [1.82, 2.24) is 10.2 Å². The number of nitrogens with zero attached hydrogens (tertiary/aromatic N) is 1. The predicted molar refractivity (Wildman–Crippen MR) is 73.1 cm³/mol. The number of aliphatic carboxylic acids is 1. The highest BCUT2D eigenvalue weighted by Gasteiger charge is 2.27. The molecule has 1 aliphatic rings. The maximum absolute atomic E-state index is 11.1. The Kier molecular flexibility index (Phi) is 3.11. The normalized spacial score (nSPS) is 23.4. The molecule has 1 aliphatic carbocycles. The van der Waals surface area contributed by atoms with E-state index in [9.17, 15) is 4.79 Å². The van der Waals surface area contributed by atoms with E-state index in [-0.39, 0.29) is 12.0 Å². The minimum atomic E-state index is -0.673. The molecule has 1 aromatic carbocycles. The topological polar surface area (TPSA) is 78.0 Å². The highest BCUT2D eigenvalue weighted by atomic mass is 16.4. The number of hydrogen-bond acceptors (Lipinski definition) is 3. The fraction of sp³-hybridized carbons (Fsp3) is 0.429. The number of aromatic nitrogens is 2. The van der Waals surface area contributed by atoms with Gasteiger partial charge in [-0.3, -0.25) is 9.89 Å². The summed E-state index contributed by atoms with van der Waals surface area (Å²) in [7, 11) is 0. The lowest BCUT2D eigenvalue weighted by Crippen LogP contribution is -2.30. The number of benzene rings is 1. The lowest BCUT2D eigenvalue weighted by atomic mass is 9.85. The summed E-state index contributed by atoms with van der Waals surface area (Å²) in [5.41, 5.74) is 2.03. The molecule has 5 nitrogen and oxygen atoms in total. The zero-order valence-electron chi connectivity index (χ0n) is 10.6. The number of H-pyrrole nitrogens is 1. The van der Waals surface area contributed by atoms with Crippen LogP contribution in [0.5, 0.6) is 0 Å². The average Bonchev–Trinajstić information content (AvgIpc) is 2.88. The number of rotatable bonds is 3. The fourth-order valence-corrected chi connectivity index (χ4v) is 2.86. The molecule has 1 saturated carbocycles. The van der Waals surface area contributed by atoms with Crippen molar-refractivity contribution in [3.63, 3.8) is 0 Å². The van der Waals surface area contributed by atoms with Crippen molar-refractivity contribution in [2.24, 2.45) is 5.92 Å². The van der Waals surface area contributed by atoms with E-state index in [0.717, 1.165) is 35.9 Å². The van der Waals surface area contributed by atoms with E-state index in [4.69, 9.17) is 5.11 Å². The number of carboxylic acids is 1. The number of carboxylic acid groups (broad SMARTS) is 1. The van der Waals surface area contributed by atoms with E-state index in [1.54, 1.807) is 6.20 Å². The van der Waals surface area contributed by atoms with Crippen molar-refractivity contribution in [2.75, 3.05) is 5.32 Å². The quantitative estimate of drug-likeness (QED) is 0.791. The van der Waals surface area contributed by atoms with Crippen molar-refractivity contribution in [1.29, 1.82) is 0 Å². The van der Waals surface area contributed by atoms with E-state index in [1.807, 2.05) is 18.2 Å². The predicted octanol–water partition coefficient (Wildman–Crippen LogP) is 2.62. The van der Waals surface area contributed by atoms with E-state index in [2.05, 4.69) is 15.5 Å². The Labute approximate surface area is 111 Å². The van der Waals surface area contributed by atoms with Crippen LogP contribution in [0.2, 0.25) is 0 Å². The van der Waals surface area contributed by atoms with Crippen LogP contribution >= 0.6 is 0 Å². The monoisotopic (exact) mass is 259 g/mol. The van der Waals surface area contributed by atoms with Crippen LogP contribution in [0.15, 0.2) is 24.4 Å². The average molecular weight is 259 g/mol. The zero-order valence-corrected chi connectivity index (χ0v) is 10.6. The van der Waals surface area contributed by atoms with Crippen LogP contribution in [0.3, 0.4) is 0 Å². The second-order valence-corrected chi connectivity index (χ2v) is 5.18. The molecule has 2 aromatic rings. The molecule has 2 atom stereocenters. The van der Waals surface area contributed by atoms with Gasteiger partial charge in [-0.25, -0.2) is 0 Å². The summed E-state index contributed by atoms with van der Waals surface area (Å²) in [6.07, 6.45) is 5.29. The first-order chi connectivity index (χ1) is 9.24. The molecule has 0 radical (unpaired) electrons. The molecule has 0 bridgehead atoms. The van der Waals surface area contributed by atoms with Gasteiger partial charge in [-0.05, 0) is 31.4 Å². The Hall–Kier alpha value is -2.04. The minimum absolute atomic E-state index is 0.213. The maximum atomic E-state index is 11.1. The molecule has 0 saturated heterocycles. The van der Waals surface area contributed by atoms with Crippen molar-refractivity contribution >= 4 is 22.6 Å². The van der Waals surface area contributed by atoms with Gasteiger partial charge in [0.2, 0.25) is 0 Å². The molecule has 3 N–H and O–H groups in total. The SMILES string of the molecule is O=C(O)C1CCCC(Nc2cccc3[nH]ncc23)C1. The Bertz CT molecular complexity index is 593. The molecule has 5 heteroatoms. The number of hydrogen-bond donors (Lipinski definition) is 3. The minimum Gasteiger partial charge on any atom is -0.481 e. The Morgan fingerprint density at radius 3 is 3.16 bits per heavy atom. The summed E-state index contributed by atoms with van der Waals surface area (Å²) in [5.74, 6) is -0.886. The van der Waals surface area contributed by atoms with E-state index >= 15 is 0 Å². The van der Waals surface area contributed by atoms with Crippen molar-refractivity contribution in [3.8, 4) is 0 Å². The summed E-state index contributed by atoms with van der Waals surface area (Å²) in [4.78, 5) is 11.1. The number of fused-ring (bicyclic) bond motifs is 1. The van der Waals surface area contributed by atoms with Crippen LogP contribution in [0.4, 0.5) is 5.69 Å². The number of nitrogens with one attached hydrogen (secondary N) is 2. The van der Waals surface area contributed by atoms with Crippen LogP contribution in [0.1, 0.15) is 25.7 Å². The molecule has 3 rings (SSSR count). The van der Waals surface area contributed by atoms with Gasteiger partial charge in [0.1, 0.15) is 0 Å². The fourth-order valence-electron chi connectivity index (χ4n) is 2.86. The Morgan fingerprint density at radius 1 is 1.42 bits per heavy atom. The second kappa shape index (κ2) is 4.91. The smallest absolute Gasteiger partial charge is 0.306 e.